The van der Waals surface area contributed by atoms with Gasteiger partial charge >= 0.3 is 5.97 Å². The minimum atomic E-state index is -0.923. The summed E-state index contributed by atoms with van der Waals surface area (Å²) in [5.74, 6) is -0.820. The van der Waals surface area contributed by atoms with Crippen molar-refractivity contribution in [2.45, 2.75) is 13.5 Å². The lowest BCUT2D eigenvalue weighted by atomic mass is 10.2. The highest BCUT2D eigenvalue weighted by Gasteiger charge is 2.15. The van der Waals surface area contributed by atoms with Crippen LogP contribution in [0.5, 0.6) is 11.5 Å². The molecule has 0 spiro atoms. The lowest BCUT2D eigenvalue weighted by Gasteiger charge is -2.09. The number of aromatic hydroxyl groups is 1. The van der Waals surface area contributed by atoms with Crippen molar-refractivity contribution >= 4 is 18.4 Å². The number of halogens is 1. The summed E-state index contributed by atoms with van der Waals surface area (Å²) < 4.78 is 5.17. The molecular formula is C14H13ClN2O6. The molecule has 0 aliphatic carbocycles. The average Bonchev–Trinajstić information content (AvgIpc) is 2.48. The Balaban J connectivity index is 0.00000264. The molecule has 0 bridgehead atoms. The number of aromatic nitrogens is 1. The maximum Gasteiger partial charge on any atom is 0.347 e. The first-order valence-corrected chi connectivity index (χ1v) is 6.20. The zero-order valence-corrected chi connectivity index (χ0v) is 12.8. The van der Waals surface area contributed by atoms with Crippen molar-refractivity contribution in [3.63, 3.8) is 0 Å². The van der Waals surface area contributed by atoms with E-state index in [1.807, 2.05) is 0 Å². The minimum Gasteiger partial charge on any atom is -0.507 e. The van der Waals surface area contributed by atoms with Crippen molar-refractivity contribution in [2.75, 3.05) is 0 Å². The van der Waals surface area contributed by atoms with Crippen molar-refractivity contribution in [3.8, 4) is 11.5 Å². The smallest absolute Gasteiger partial charge is 0.347 e. The van der Waals surface area contributed by atoms with E-state index < -0.39 is 11.1 Å². The van der Waals surface area contributed by atoms with Gasteiger partial charge in [-0.3, -0.25) is 4.98 Å². The number of ether oxygens (including phenoxy) is 1. The van der Waals surface area contributed by atoms with E-state index in [0.717, 1.165) is 0 Å². The van der Waals surface area contributed by atoms with Gasteiger partial charge in [0.15, 0.2) is 5.75 Å². The van der Waals surface area contributed by atoms with Crippen LogP contribution in [-0.4, -0.2) is 21.1 Å². The van der Waals surface area contributed by atoms with E-state index in [9.17, 15) is 20.0 Å². The third-order valence-corrected chi connectivity index (χ3v) is 2.76. The van der Waals surface area contributed by atoms with Crippen LogP contribution < -0.4 is 4.74 Å². The largest absolute Gasteiger partial charge is 0.507 e. The first-order valence-electron chi connectivity index (χ1n) is 6.20. The normalized spacial score (nSPS) is 9.61. The average molecular weight is 341 g/mol. The highest BCUT2D eigenvalue weighted by molar-refractivity contribution is 5.93. The number of hydrogen-bond donors (Lipinski definition) is 1. The lowest BCUT2D eigenvalue weighted by Crippen LogP contribution is -2.10. The van der Waals surface area contributed by atoms with Crippen molar-refractivity contribution in [1.82, 2.24) is 4.98 Å². The van der Waals surface area contributed by atoms with Gasteiger partial charge < -0.3 is 14.7 Å². The number of pyridine rings is 1. The van der Waals surface area contributed by atoms with Gasteiger partial charge in [0.2, 0.25) is 0 Å². The van der Waals surface area contributed by atoms with E-state index in [0.29, 0.717) is 11.3 Å². The van der Waals surface area contributed by atoms with Crippen LogP contribution in [-0.2, 0) is 11.4 Å². The molecule has 122 valence electrons. The first kappa shape index (κ1) is 18.2. The van der Waals surface area contributed by atoms with Gasteiger partial charge in [0, 0.05) is 6.20 Å². The topological polar surface area (TPSA) is 112 Å². The summed E-state index contributed by atoms with van der Waals surface area (Å²) in [6.07, 6.45) is 1.39. The Morgan fingerprint density at radius 3 is 2.74 bits per heavy atom. The first-order chi connectivity index (χ1) is 10.5. The molecule has 8 nitrogen and oxygen atoms in total. The molecule has 0 aliphatic heterocycles. The molecule has 0 aliphatic rings. The zero-order valence-electron chi connectivity index (χ0n) is 12.0. The summed E-state index contributed by atoms with van der Waals surface area (Å²) in [4.78, 5) is 30.4. The van der Waals surface area contributed by atoms with Crippen LogP contribution in [0.1, 0.15) is 21.6 Å². The molecule has 1 aromatic heterocycles. The fourth-order valence-corrected chi connectivity index (χ4v) is 1.66. The van der Waals surface area contributed by atoms with E-state index in [2.05, 4.69) is 9.82 Å². The maximum absolute atomic E-state index is 12.0. The second-order valence-corrected chi connectivity index (χ2v) is 4.33. The molecule has 0 amide bonds. The van der Waals surface area contributed by atoms with Gasteiger partial charge in [0.1, 0.15) is 17.9 Å². The Labute approximate surface area is 137 Å². The fraction of sp³-hybridized carbons (Fsp3) is 0.143. The third-order valence-electron chi connectivity index (χ3n) is 2.76. The molecule has 0 unspecified atom stereocenters. The van der Waals surface area contributed by atoms with Crippen LogP contribution in [0.4, 0.5) is 0 Å². The molecule has 1 heterocycles. The predicted molar refractivity (Wildman–Crippen MR) is 81.1 cm³/mol. The SMILES string of the molecule is Cc1ncc(CO[N+](=O)[O-])cc1OC(=O)c1ccccc1O.Cl. The Kier molecular flexibility index (Phi) is 6.28. The van der Waals surface area contributed by atoms with Crippen molar-refractivity contribution in [2.24, 2.45) is 0 Å². The Morgan fingerprint density at radius 1 is 1.39 bits per heavy atom. The van der Waals surface area contributed by atoms with Crippen LogP contribution in [0.25, 0.3) is 0 Å². The van der Waals surface area contributed by atoms with Gasteiger partial charge in [0.05, 0.1) is 5.69 Å². The molecule has 2 aromatic rings. The summed E-state index contributed by atoms with van der Waals surface area (Å²) in [7, 11) is 0. The van der Waals surface area contributed by atoms with E-state index >= 15 is 0 Å². The van der Waals surface area contributed by atoms with Gasteiger partial charge in [0.25, 0.3) is 5.09 Å². The molecule has 23 heavy (non-hydrogen) atoms. The molecule has 0 radical (unpaired) electrons. The van der Waals surface area contributed by atoms with Crippen LogP contribution in [0.2, 0.25) is 0 Å². The molecule has 0 fully saturated rings. The molecule has 1 aromatic carbocycles. The number of nitrogens with zero attached hydrogens (tertiary/aromatic N) is 2. The molecule has 0 saturated carbocycles. The Bertz CT molecular complexity index is 722. The van der Waals surface area contributed by atoms with Crippen LogP contribution in [0, 0.1) is 17.0 Å². The Hall–Kier alpha value is -2.87. The van der Waals surface area contributed by atoms with E-state index in [-0.39, 0.29) is 36.1 Å². The number of carbonyl (C=O) groups excluding carboxylic acids is 1. The summed E-state index contributed by atoms with van der Waals surface area (Å²) >= 11 is 0. The van der Waals surface area contributed by atoms with Gasteiger partial charge in [-0.05, 0) is 30.7 Å². The highest BCUT2D eigenvalue weighted by Crippen LogP contribution is 2.22. The van der Waals surface area contributed by atoms with Crippen molar-refractivity contribution in [1.29, 1.82) is 0 Å². The van der Waals surface area contributed by atoms with Crippen molar-refractivity contribution < 1.29 is 24.6 Å². The molecule has 9 heteroatoms. The van der Waals surface area contributed by atoms with Gasteiger partial charge in [-0.25, -0.2) is 4.79 Å². The van der Waals surface area contributed by atoms with Gasteiger partial charge in [-0.15, -0.1) is 22.5 Å². The predicted octanol–water partition coefficient (Wildman–Crippen LogP) is 2.44. The molecular weight excluding hydrogens is 328 g/mol. The number of phenolic OH excluding ortho intramolecular Hbond substituents is 1. The highest BCUT2D eigenvalue weighted by atomic mass is 35.5. The van der Waals surface area contributed by atoms with Crippen LogP contribution in [0.15, 0.2) is 36.5 Å². The van der Waals surface area contributed by atoms with E-state index in [4.69, 9.17) is 4.74 Å². The van der Waals surface area contributed by atoms with E-state index in [1.54, 1.807) is 19.1 Å². The number of rotatable bonds is 5. The molecule has 0 atom stereocenters. The van der Waals surface area contributed by atoms with Gasteiger partial charge in [-0.2, -0.15) is 0 Å². The standard InChI is InChI=1S/C14H12N2O6.ClH/c1-9-13(6-10(7-15-9)8-21-16(19)20)22-14(18)11-4-2-3-5-12(11)17;/h2-7,17H,8H2,1H3;1H. The summed E-state index contributed by atoms with van der Waals surface area (Å²) in [6, 6.07) is 7.37. The quantitative estimate of drug-likeness (QED) is 0.505. The number of esters is 1. The second kappa shape index (κ2) is 7.95. The number of carbonyl (C=O) groups is 1. The molecule has 1 N–H and O–H groups in total. The number of hydrogen-bond acceptors (Lipinski definition) is 7. The minimum absolute atomic E-state index is 0. The third kappa shape index (κ3) is 4.82. The van der Waals surface area contributed by atoms with Gasteiger partial charge in [-0.1, -0.05) is 12.1 Å². The number of para-hydroxylation sites is 1. The van der Waals surface area contributed by atoms with Crippen LogP contribution in [0.3, 0.4) is 0 Å². The number of phenols is 1. The molecule has 2 rings (SSSR count). The summed E-state index contributed by atoms with van der Waals surface area (Å²) in [5, 5.41) is 18.9. The molecule has 0 saturated heterocycles. The monoisotopic (exact) mass is 340 g/mol. The second-order valence-electron chi connectivity index (χ2n) is 4.33. The zero-order chi connectivity index (χ0) is 16.1. The number of aryl methyl sites for hydroxylation is 1. The van der Waals surface area contributed by atoms with Crippen molar-refractivity contribution in [3.05, 3.63) is 63.5 Å². The number of benzene rings is 1. The maximum atomic E-state index is 12.0. The lowest BCUT2D eigenvalue weighted by molar-refractivity contribution is -0.763. The van der Waals surface area contributed by atoms with Crippen LogP contribution >= 0.6 is 12.4 Å². The summed E-state index contributed by atoms with van der Waals surface area (Å²) in [6.45, 7) is 1.31. The Morgan fingerprint density at radius 2 is 2.09 bits per heavy atom. The van der Waals surface area contributed by atoms with E-state index in [1.165, 1.54) is 24.4 Å². The summed E-state index contributed by atoms with van der Waals surface area (Å²) in [5.41, 5.74) is 0.810. The fourth-order valence-electron chi connectivity index (χ4n) is 1.66.